The third-order valence-electron chi connectivity index (χ3n) is 9.12. The molecule has 0 bridgehead atoms. The van der Waals surface area contributed by atoms with Crippen molar-refractivity contribution in [2.24, 2.45) is 0 Å². The third kappa shape index (κ3) is 4.93. The molecule has 0 saturated carbocycles. The maximum Gasteiger partial charge on any atom is 0.0717 e. The zero-order chi connectivity index (χ0) is 31.3. The van der Waals surface area contributed by atoms with E-state index in [1.165, 1.54) is 60.1 Å². The molecule has 2 nitrogen and oxygen atoms in total. The molecule has 220 valence electrons. The lowest BCUT2D eigenvalue weighted by atomic mass is 9.83. The molecule has 0 fully saturated rings. The summed E-state index contributed by atoms with van der Waals surface area (Å²) in [7, 11) is 0. The molecule has 0 unspecified atom stereocenters. The van der Waals surface area contributed by atoms with Gasteiger partial charge in [0.1, 0.15) is 0 Å². The predicted octanol–water partition coefficient (Wildman–Crippen LogP) is 11.9. The zero-order valence-corrected chi connectivity index (χ0v) is 26.3. The summed E-state index contributed by atoms with van der Waals surface area (Å²) in [6.07, 6.45) is 3.73. The SMILES string of the molecule is CC(C)(C)c1ccc(-c2c3ccccc3c(-c3ccc4ccc(-c5ccc(-c6ccccn6)cn5)cc4c3)c3ccccc23)cc1. The lowest BCUT2D eigenvalue weighted by molar-refractivity contribution is 0.590. The van der Waals surface area contributed by atoms with E-state index in [0.717, 1.165) is 22.5 Å². The van der Waals surface area contributed by atoms with Gasteiger partial charge in [-0.2, -0.15) is 0 Å². The first-order chi connectivity index (χ1) is 22.4. The number of fused-ring (bicyclic) bond motifs is 3. The van der Waals surface area contributed by atoms with Gasteiger partial charge in [0.2, 0.25) is 0 Å². The molecule has 2 aromatic heterocycles. The van der Waals surface area contributed by atoms with Crippen molar-refractivity contribution in [3.63, 3.8) is 0 Å². The Balaban J connectivity index is 1.27. The molecule has 0 spiro atoms. The first-order valence-corrected chi connectivity index (χ1v) is 15.9. The van der Waals surface area contributed by atoms with Gasteiger partial charge in [-0.1, -0.05) is 124 Å². The van der Waals surface area contributed by atoms with Crippen LogP contribution < -0.4 is 0 Å². The Bertz CT molecular complexity index is 2310. The molecule has 0 aliphatic rings. The molecule has 0 aliphatic heterocycles. The predicted molar refractivity (Wildman–Crippen MR) is 195 cm³/mol. The fourth-order valence-corrected chi connectivity index (χ4v) is 6.70. The van der Waals surface area contributed by atoms with Gasteiger partial charge in [-0.05, 0) is 102 Å². The van der Waals surface area contributed by atoms with Crippen molar-refractivity contribution < 1.29 is 0 Å². The second kappa shape index (κ2) is 11.1. The molecule has 0 atom stereocenters. The number of nitrogens with zero attached hydrogens (tertiary/aromatic N) is 2. The molecule has 0 radical (unpaired) electrons. The Morgan fingerprint density at radius 3 is 1.50 bits per heavy atom. The number of rotatable bonds is 4. The minimum absolute atomic E-state index is 0.113. The fourth-order valence-electron chi connectivity index (χ4n) is 6.70. The van der Waals surface area contributed by atoms with Crippen molar-refractivity contribution in [2.45, 2.75) is 26.2 Å². The average Bonchev–Trinajstić information content (AvgIpc) is 3.10. The quantitative estimate of drug-likeness (QED) is 0.191. The van der Waals surface area contributed by atoms with E-state index in [-0.39, 0.29) is 5.41 Å². The summed E-state index contributed by atoms with van der Waals surface area (Å²) >= 11 is 0. The van der Waals surface area contributed by atoms with E-state index >= 15 is 0 Å². The van der Waals surface area contributed by atoms with E-state index < -0.39 is 0 Å². The summed E-state index contributed by atoms with van der Waals surface area (Å²) < 4.78 is 0. The van der Waals surface area contributed by atoms with E-state index in [1.807, 2.05) is 30.6 Å². The summed E-state index contributed by atoms with van der Waals surface area (Å²) in [4.78, 5) is 9.28. The number of pyridine rings is 2. The first-order valence-electron chi connectivity index (χ1n) is 15.9. The molecule has 8 aromatic rings. The highest BCUT2D eigenvalue weighted by molar-refractivity contribution is 6.21. The van der Waals surface area contributed by atoms with Crippen LogP contribution in [-0.4, -0.2) is 9.97 Å². The maximum absolute atomic E-state index is 4.81. The highest BCUT2D eigenvalue weighted by Gasteiger charge is 2.18. The summed E-state index contributed by atoms with van der Waals surface area (Å²) in [5.74, 6) is 0. The van der Waals surface area contributed by atoms with Crippen LogP contribution in [0.1, 0.15) is 26.3 Å². The van der Waals surface area contributed by atoms with E-state index in [2.05, 4.69) is 147 Å². The topological polar surface area (TPSA) is 25.8 Å². The molecule has 2 heteroatoms. The number of hydrogen-bond acceptors (Lipinski definition) is 2. The van der Waals surface area contributed by atoms with Crippen molar-refractivity contribution >= 4 is 32.3 Å². The van der Waals surface area contributed by atoms with Crippen LogP contribution in [0.3, 0.4) is 0 Å². The molecule has 46 heavy (non-hydrogen) atoms. The van der Waals surface area contributed by atoms with E-state index in [4.69, 9.17) is 4.98 Å². The van der Waals surface area contributed by atoms with Crippen LogP contribution in [-0.2, 0) is 5.41 Å². The Morgan fingerprint density at radius 1 is 0.413 bits per heavy atom. The highest BCUT2D eigenvalue weighted by atomic mass is 14.7. The Labute approximate surface area is 270 Å². The second-order valence-corrected chi connectivity index (χ2v) is 13.1. The second-order valence-electron chi connectivity index (χ2n) is 13.1. The molecule has 0 aliphatic carbocycles. The molecule has 8 rings (SSSR count). The summed E-state index contributed by atoms with van der Waals surface area (Å²) in [6, 6.07) is 50.5. The van der Waals surface area contributed by atoms with Gasteiger partial charge < -0.3 is 0 Å². The van der Waals surface area contributed by atoms with Gasteiger partial charge in [0.15, 0.2) is 0 Å². The third-order valence-corrected chi connectivity index (χ3v) is 9.12. The Kier molecular flexibility index (Phi) is 6.73. The van der Waals surface area contributed by atoms with Crippen LogP contribution in [0.15, 0.2) is 152 Å². The molecule has 6 aromatic carbocycles. The molecule has 0 saturated heterocycles. The normalized spacial score (nSPS) is 11.8. The van der Waals surface area contributed by atoms with Gasteiger partial charge in [0.25, 0.3) is 0 Å². The van der Waals surface area contributed by atoms with Crippen LogP contribution >= 0.6 is 0 Å². The minimum atomic E-state index is 0.113. The molecular weight excluding hydrogens is 556 g/mol. The van der Waals surface area contributed by atoms with Gasteiger partial charge in [0, 0.05) is 23.5 Å². The smallest absolute Gasteiger partial charge is 0.0717 e. The van der Waals surface area contributed by atoms with E-state index in [0.29, 0.717) is 0 Å². The van der Waals surface area contributed by atoms with Crippen LogP contribution in [0.4, 0.5) is 0 Å². The largest absolute Gasteiger partial charge is 0.256 e. The first kappa shape index (κ1) is 27.9. The summed E-state index contributed by atoms with van der Waals surface area (Å²) in [5, 5.41) is 7.47. The van der Waals surface area contributed by atoms with Crippen molar-refractivity contribution in [3.8, 4) is 44.8 Å². The van der Waals surface area contributed by atoms with Gasteiger partial charge in [-0.15, -0.1) is 0 Å². The van der Waals surface area contributed by atoms with Crippen LogP contribution in [0.2, 0.25) is 0 Å². The Morgan fingerprint density at radius 2 is 0.935 bits per heavy atom. The number of hydrogen-bond donors (Lipinski definition) is 0. The molecule has 0 N–H and O–H groups in total. The van der Waals surface area contributed by atoms with Crippen molar-refractivity contribution in [2.75, 3.05) is 0 Å². The molecular formula is C44H34N2. The molecule has 2 heterocycles. The van der Waals surface area contributed by atoms with Gasteiger partial charge >= 0.3 is 0 Å². The van der Waals surface area contributed by atoms with E-state index in [9.17, 15) is 0 Å². The monoisotopic (exact) mass is 590 g/mol. The van der Waals surface area contributed by atoms with Crippen molar-refractivity contribution in [1.82, 2.24) is 9.97 Å². The van der Waals surface area contributed by atoms with Crippen molar-refractivity contribution in [1.29, 1.82) is 0 Å². The van der Waals surface area contributed by atoms with Crippen LogP contribution in [0, 0.1) is 0 Å². The van der Waals surface area contributed by atoms with Crippen LogP contribution in [0.5, 0.6) is 0 Å². The van der Waals surface area contributed by atoms with Crippen molar-refractivity contribution in [3.05, 3.63) is 157 Å². The van der Waals surface area contributed by atoms with E-state index in [1.54, 1.807) is 0 Å². The zero-order valence-electron chi connectivity index (χ0n) is 26.3. The molecule has 0 amide bonds. The summed E-state index contributed by atoms with van der Waals surface area (Å²) in [5.41, 5.74) is 10.5. The van der Waals surface area contributed by atoms with Gasteiger partial charge in [-0.3, -0.25) is 9.97 Å². The lowest BCUT2D eigenvalue weighted by Crippen LogP contribution is -2.10. The van der Waals surface area contributed by atoms with Gasteiger partial charge in [0.05, 0.1) is 11.4 Å². The fraction of sp³-hybridized carbons (Fsp3) is 0.0909. The number of aromatic nitrogens is 2. The van der Waals surface area contributed by atoms with Gasteiger partial charge in [-0.25, -0.2) is 0 Å². The minimum Gasteiger partial charge on any atom is -0.256 e. The average molecular weight is 591 g/mol. The standard InChI is InChI=1S/C44H34N2/c1-44(2,3)35-22-19-30(20-23-35)42-36-10-4-6-12-38(36)43(39-13-7-5-11-37(39)42)32-18-16-29-15-17-31(26-34(29)27-32)41-24-21-33(28-46-41)40-14-8-9-25-45-40/h4-28H,1-3H3. The number of benzene rings is 6. The lowest BCUT2D eigenvalue weighted by Gasteiger charge is -2.21. The highest BCUT2D eigenvalue weighted by Crippen LogP contribution is 2.44. The summed E-state index contributed by atoms with van der Waals surface area (Å²) in [6.45, 7) is 6.80. The Hall–Kier alpha value is -5.60. The maximum atomic E-state index is 4.81. The van der Waals surface area contributed by atoms with Crippen LogP contribution in [0.25, 0.3) is 77.1 Å².